The van der Waals surface area contributed by atoms with Crippen LogP contribution in [0.15, 0.2) is 54.7 Å². The van der Waals surface area contributed by atoms with Crippen molar-refractivity contribution in [2.24, 2.45) is 0 Å². The first-order valence-corrected chi connectivity index (χ1v) is 10.8. The SMILES string of the molecule is [2H]C([2H])([2H])Oc1ccc(N2C(=O)N(c3ccc4nn(CC)cc4c3)Cc3nnc(OCC(F)F)cc32)cc1. The van der Waals surface area contributed by atoms with Crippen molar-refractivity contribution in [3.8, 4) is 11.6 Å². The van der Waals surface area contributed by atoms with Crippen LogP contribution in [0.1, 0.15) is 16.7 Å². The predicted molar refractivity (Wildman–Crippen MR) is 126 cm³/mol. The zero-order chi connectivity index (χ0) is 27.0. The van der Waals surface area contributed by atoms with Gasteiger partial charge in [0.05, 0.1) is 34.6 Å². The Morgan fingerprint density at radius 2 is 1.91 bits per heavy atom. The lowest BCUT2D eigenvalue weighted by Crippen LogP contribution is -2.45. The van der Waals surface area contributed by atoms with Crippen LogP contribution in [-0.2, 0) is 13.1 Å². The summed E-state index contributed by atoms with van der Waals surface area (Å²) in [6.07, 6.45) is -0.825. The summed E-state index contributed by atoms with van der Waals surface area (Å²) in [5.74, 6) is -0.0754. The molecule has 35 heavy (non-hydrogen) atoms. The number of fused-ring (bicyclic) bond motifs is 2. The molecule has 0 aliphatic carbocycles. The Balaban J connectivity index is 1.55. The molecule has 0 unspecified atom stereocenters. The van der Waals surface area contributed by atoms with Crippen LogP contribution in [0.2, 0.25) is 0 Å². The average molecular weight is 483 g/mol. The van der Waals surface area contributed by atoms with Crippen molar-refractivity contribution in [1.82, 2.24) is 20.0 Å². The number of hydrogen-bond donors (Lipinski definition) is 0. The second kappa shape index (κ2) is 9.16. The van der Waals surface area contributed by atoms with Crippen molar-refractivity contribution in [2.45, 2.75) is 26.4 Å². The number of aromatic nitrogens is 4. The quantitative estimate of drug-likeness (QED) is 0.376. The molecule has 2 amide bonds. The predicted octanol–water partition coefficient (Wildman–Crippen LogP) is 4.78. The summed E-state index contributed by atoms with van der Waals surface area (Å²) in [6, 6.07) is 12.2. The van der Waals surface area contributed by atoms with Gasteiger partial charge in [-0.25, -0.2) is 13.6 Å². The molecule has 0 N–H and O–H groups in total. The first kappa shape index (κ1) is 19.1. The Morgan fingerprint density at radius 3 is 2.66 bits per heavy atom. The van der Waals surface area contributed by atoms with Crippen LogP contribution in [-0.4, -0.2) is 46.1 Å². The van der Waals surface area contributed by atoms with Crippen LogP contribution < -0.4 is 19.3 Å². The Morgan fingerprint density at radius 1 is 1.11 bits per heavy atom. The summed E-state index contributed by atoms with van der Waals surface area (Å²) in [6.45, 7) is 1.86. The van der Waals surface area contributed by atoms with Crippen molar-refractivity contribution in [2.75, 3.05) is 23.4 Å². The van der Waals surface area contributed by atoms with Crippen molar-refractivity contribution < 1.29 is 27.2 Å². The Kier molecular flexibility index (Phi) is 4.99. The molecule has 9 nitrogen and oxygen atoms in total. The summed E-state index contributed by atoms with van der Waals surface area (Å²) >= 11 is 0. The van der Waals surface area contributed by atoms with Gasteiger partial charge in [-0.3, -0.25) is 14.5 Å². The van der Waals surface area contributed by atoms with E-state index in [1.54, 1.807) is 10.7 Å². The van der Waals surface area contributed by atoms with Crippen LogP contribution in [0.3, 0.4) is 0 Å². The number of carbonyl (C=O) groups is 1. The smallest absolute Gasteiger partial charge is 0.334 e. The monoisotopic (exact) mass is 483 g/mol. The van der Waals surface area contributed by atoms with Crippen LogP contribution in [0.4, 0.5) is 30.6 Å². The third-order valence-electron chi connectivity index (χ3n) is 5.54. The van der Waals surface area contributed by atoms with Crippen LogP contribution >= 0.6 is 0 Å². The first-order chi connectivity index (χ1) is 18.1. The maximum absolute atomic E-state index is 13.9. The van der Waals surface area contributed by atoms with Gasteiger partial charge < -0.3 is 9.47 Å². The number of hydrogen-bond acceptors (Lipinski definition) is 6. The molecule has 0 atom stereocenters. The number of nitrogens with zero attached hydrogens (tertiary/aromatic N) is 6. The number of methoxy groups -OCH3 is 1. The van der Waals surface area contributed by atoms with Crippen LogP contribution in [0.5, 0.6) is 11.6 Å². The van der Waals surface area contributed by atoms with E-state index in [-0.39, 0.29) is 18.2 Å². The van der Waals surface area contributed by atoms with E-state index in [1.807, 2.05) is 25.3 Å². The molecule has 1 aliphatic rings. The average Bonchev–Trinajstić information content (AvgIpc) is 3.29. The van der Waals surface area contributed by atoms with Crippen molar-refractivity contribution in [1.29, 1.82) is 0 Å². The number of amides is 2. The molecule has 2 aromatic carbocycles. The fourth-order valence-corrected chi connectivity index (χ4v) is 3.86. The second-order valence-electron chi connectivity index (χ2n) is 7.74. The molecule has 0 spiro atoms. The lowest BCUT2D eigenvalue weighted by molar-refractivity contribution is 0.0790. The van der Waals surface area contributed by atoms with Gasteiger partial charge in [0.2, 0.25) is 5.88 Å². The van der Waals surface area contributed by atoms with Gasteiger partial charge in [0, 0.05) is 29.9 Å². The number of alkyl halides is 2. The summed E-state index contributed by atoms with van der Waals surface area (Å²) in [5.41, 5.74) is 2.45. The minimum atomic E-state index is -2.71. The molecule has 5 rings (SSSR count). The fraction of sp³-hybridized carbons (Fsp3) is 0.250. The zero-order valence-electron chi connectivity index (χ0n) is 21.6. The number of benzene rings is 2. The molecule has 0 fully saturated rings. The van der Waals surface area contributed by atoms with Crippen LogP contribution in [0, 0.1) is 0 Å². The van der Waals surface area contributed by atoms with E-state index >= 15 is 0 Å². The van der Waals surface area contributed by atoms with E-state index in [4.69, 9.17) is 13.6 Å². The molecule has 0 bridgehead atoms. The van der Waals surface area contributed by atoms with E-state index in [1.165, 1.54) is 40.1 Å². The van der Waals surface area contributed by atoms with Gasteiger partial charge in [-0.15, -0.1) is 10.2 Å². The van der Waals surface area contributed by atoms with Crippen molar-refractivity contribution in [3.63, 3.8) is 0 Å². The number of carbonyl (C=O) groups excluding carboxylic acids is 1. The molecule has 0 saturated carbocycles. The topological polar surface area (TPSA) is 85.6 Å². The molecular formula is C24H22F2N6O3. The van der Waals surface area contributed by atoms with E-state index in [0.717, 1.165) is 10.9 Å². The molecule has 0 saturated heterocycles. The standard InChI is InChI=1S/C24H22F2N6O3/c1-3-30-12-15-10-17(6-9-19(15)29-30)31-13-20-21(11-23(28-27-20)35-14-22(25)26)32(24(31)33)16-4-7-18(34-2)8-5-16/h4-12,22H,3,13-14H2,1-2H3/i2D3. The number of urea groups is 1. The number of rotatable bonds is 7. The highest BCUT2D eigenvalue weighted by Crippen LogP contribution is 2.38. The van der Waals surface area contributed by atoms with Gasteiger partial charge in [0.25, 0.3) is 6.43 Å². The van der Waals surface area contributed by atoms with Gasteiger partial charge in [-0.05, 0) is 49.4 Å². The Labute approximate surface area is 203 Å². The maximum Gasteiger partial charge on any atom is 0.334 e. The molecular weight excluding hydrogens is 458 g/mol. The summed E-state index contributed by atoms with van der Waals surface area (Å²) in [5, 5.41) is 13.4. The van der Waals surface area contributed by atoms with Crippen LogP contribution in [0.25, 0.3) is 10.9 Å². The van der Waals surface area contributed by atoms with E-state index in [9.17, 15) is 13.6 Å². The lowest BCUT2D eigenvalue weighted by atomic mass is 10.1. The number of halogens is 2. The largest absolute Gasteiger partial charge is 0.497 e. The lowest BCUT2D eigenvalue weighted by Gasteiger charge is -2.36. The fourth-order valence-electron chi connectivity index (χ4n) is 3.86. The zero-order valence-corrected chi connectivity index (χ0v) is 18.6. The van der Waals surface area contributed by atoms with Gasteiger partial charge in [-0.1, -0.05) is 0 Å². The minimum Gasteiger partial charge on any atom is -0.497 e. The van der Waals surface area contributed by atoms with E-state index in [2.05, 4.69) is 15.3 Å². The van der Waals surface area contributed by atoms with Crippen molar-refractivity contribution in [3.05, 3.63) is 60.4 Å². The summed E-state index contributed by atoms with van der Waals surface area (Å²) in [7, 11) is -2.64. The highest BCUT2D eigenvalue weighted by molar-refractivity contribution is 6.11. The van der Waals surface area contributed by atoms with E-state index < -0.39 is 26.1 Å². The third kappa shape index (κ3) is 4.32. The first-order valence-electron chi connectivity index (χ1n) is 12.3. The highest BCUT2D eigenvalue weighted by Gasteiger charge is 2.34. The summed E-state index contributed by atoms with van der Waals surface area (Å²) < 4.78 is 59.0. The molecule has 180 valence electrons. The second-order valence-corrected chi connectivity index (χ2v) is 7.74. The molecule has 3 heterocycles. The number of anilines is 3. The van der Waals surface area contributed by atoms with Gasteiger partial charge in [0.1, 0.15) is 11.4 Å². The molecule has 2 aromatic heterocycles. The van der Waals surface area contributed by atoms with Gasteiger partial charge >= 0.3 is 6.03 Å². The third-order valence-corrected chi connectivity index (χ3v) is 5.54. The van der Waals surface area contributed by atoms with Gasteiger partial charge in [-0.2, -0.15) is 5.10 Å². The number of ether oxygens (including phenoxy) is 2. The molecule has 1 aliphatic heterocycles. The highest BCUT2D eigenvalue weighted by atomic mass is 19.3. The van der Waals surface area contributed by atoms with Crippen molar-refractivity contribution >= 4 is 34.0 Å². The number of aryl methyl sites for hydroxylation is 1. The van der Waals surface area contributed by atoms with E-state index in [0.29, 0.717) is 29.3 Å². The summed E-state index contributed by atoms with van der Waals surface area (Å²) in [4.78, 5) is 16.7. The minimum absolute atomic E-state index is 0.0699. The molecule has 4 aromatic rings. The normalized spacial score (nSPS) is 15.1. The molecule has 0 radical (unpaired) electrons. The van der Waals surface area contributed by atoms with Gasteiger partial charge in [0.15, 0.2) is 6.61 Å². The Bertz CT molecular complexity index is 1480. The molecule has 11 heteroatoms. The Hall–Kier alpha value is -4.28. The maximum atomic E-state index is 13.9.